The first-order chi connectivity index (χ1) is 19.2. The molecule has 0 saturated carbocycles. The minimum atomic E-state index is -0.0409. The average molecular weight is 553 g/mol. The van der Waals surface area contributed by atoms with E-state index in [9.17, 15) is 4.79 Å². The lowest BCUT2D eigenvalue weighted by molar-refractivity contribution is -0.115. The summed E-state index contributed by atoms with van der Waals surface area (Å²) in [4.78, 5) is 15.0. The molecule has 0 aromatic heterocycles. The van der Waals surface area contributed by atoms with Crippen LogP contribution in [0.5, 0.6) is 11.5 Å². The highest BCUT2D eigenvalue weighted by Crippen LogP contribution is 2.29. The molecule has 1 aliphatic rings. The largest absolute Gasteiger partial charge is 0.493 e. The van der Waals surface area contributed by atoms with Gasteiger partial charge in [0.05, 0.1) is 26.0 Å². The molecule has 3 rings (SSSR count). The zero-order chi connectivity index (χ0) is 27.5. The number of rotatable bonds is 20. The molecule has 0 spiro atoms. The molecule has 0 unspecified atom stereocenters. The number of carbonyl (C=O) groups is 1. The Bertz CT molecular complexity index is 1010. The molecule has 39 heavy (non-hydrogen) atoms. The van der Waals surface area contributed by atoms with E-state index in [0.717, 1.165) is 30.1 Å². The van der Waals surface area contributed by atoms with Gasteiger partial charge in [-0.05, 0) is 47.2 Å². The molecule has 5 nitrogen and oxygen atoms in total. The lowest BCUT2D eigenvalue weighted by atomic mass is 10.1. The van der Waals surface area contributed by atoms with E-state index in [0.29, 0.717) is 18.1 Å². The van der Waals surface area contributed by atoms with Crippen molar-refractivity contribution >= 4 is 23.4 Å². The Balaban J connectivity index is 1.34. The number of carbonyl (C=O) groups excluding carboxylic acids is 1. The van der Waals surface area contributed by atoms with Gasteiger partial charge >= 0.3 is 0 Å². The topological polar surface area (TPSA) is 50.8 Å². The van der Waals surface area contributed by atoms with Gasteiger partial charge in [-0.2, -0.15) is 0 Å². The van der Waals surface area contributed by atoms with E-state index < -0.39 is 0 Å². The maximum atomic E-state index is 12.8. The van der Waals surface area contributed by atoms with Crippen LogP contribution in [0, 0.1) is 0 Å². The molecule has 1 N–H and O–H groups in total. The number of methoxy groups -OCH3 is 1. The second-order valence-corrected chi connectivity index (χ2v) is 11.3. The van der Waals surface area contributed by atoms with Crippen LogP contribution in [0.25, 0.3) is 0 Å². The van der Waals surface area contributed by atoms with Crippen LogP contribution in [-0.4, -0.2) is 30.4 Å². The van der Waals surface area contributed by atoms with Crippen molar-refractivity contribution in [2.75, 3.05) is 24.9 Å². The number of hydrogen-bond donors (Lipinski definition) is 1. The third kappa shape index (κ3) is 12.4. The second kappa shape index (κ2) is 18.6. The predicted molar refractivity (Wildman–Crippen MR) is 165 cm³/mol. The van der Waals surface area contributed by atoms with Gasteiger partial charge in [-0.3, -0.25) is 4.79 Å². The van der Waals surface area contributed by atoms with Crippen molar-refractivity contribution in [1.29, 1.82) is 0 Å². The van der Waals surface area contributed by atoms with Crippen LogP contribution in [0.1, 0.15) is 95.1 Å². The average Bonchev–Trinajstić information content (AvgIpc) is 3.44. The fraction of sp³-hybridized carbons (Fsp3) is 0.545. The van der Waals surface area contributed by atoms with Crippen molar-refractivity contribution in [1.82, 2.24) is 4.90 Å². The first-order valence-electron chi connectivity index (χ1n) is 14.9. The van der Waals surface area contributed by atoms with E-state index in [2.05, 4.69) is 34.8 Å². The molecule has 0 saturated heterocycles. The predicted octanol–water partition coefficient (Wildman–Crippen LogP) is 8.93. The summed E-state index contributed by atoms with van der Waals surface area (Å²) in [7, 11) is 1.65. The molecule has 0 aliphatic carbocycles. The van der Waals surface area contributed by atoms with E-state index in [1.165, 1.54) is 76.2 Å². The minimum Gasteiger partial charge on any atom is -0.493 e. The van der Waals surface area contributed by atoms with E-state index in [4.69, 9.17) is 9.47 Å². The maximum Gasteiger partial charge on any atom is 0.228 e. The van der Waals surface area contributed by atoms with Crippen molar-refractivity contribution in [3.8, 4) is 11.5 Å². The van der Waals surface area contributed by atoms with Crippen LogP contribution in [0.3, 0.4) is 0 Å². The van der Waals surface area contributed by atoms with Crippen LogP contribution in [0.4, 0.5) is 5.69 Å². The van der Waals surface area contributed by atoms with Crippen molar-refractivity contribution in [3.05, 3.63) is 65.2 Å². The van der Waals surface area contributed by atoms with Crippen LogP contribution in [-0.2, 0) is 17.8 Å². The normalized spacial score (nSPS) is 12.6. The van der Waals surface area contributed by atoms with Crippen LogP contribution in [0.2, 0.25) is 0 Å². The lowest BCUT2D eigenvalue weighted by Crippen LogP contribution is -2.15. The van der Waals surface area contributed by atoms with Gasteiger partial charge in [0.2, 0.25) is 5.91 Å². The van der Waals surface area contributed by atoms with Gasteiger partial charge in [0.15, 0.2) is 11.5 Å². The first kappa shape index (κ1) is 30.9. The zero-order valence-electron chi connectivity index (χ0n) is 24.1. The fourth-order valence-corrected chi connectivity index (χ4v) is 5.56. The number of hydrogen-bond acceptors (Lipinski definition) is 5. The van der Waals surface area contributed by atoms with Gasteiger partial charge in [0, 0.05) is 18.4 Å². The van der Waals surface area contributed by atoms with Gasteiger partial charge < -0.3 is 19.7 Å². The molecule has 0 fully saturated rings. The van der Waals surface area contributed by atoms with Crippen molar-refractivity contribution in [3.63, 3.8) is 0 Å². The molecule has 1 aliphatic heterocycles. The summed E-state index contributed by atoms with van der Waals surface area (Å²) in [5.41, 5.74) is 2.91. The molecular formula is C33H48N2O3S. The Hall–Kier alpha value is -2.60. The molecular weight excluding hydrogens is 504 g/mol. The summed E-state index contributed by atoms with van der Waals surface area (Å²) >= 11 is 1.79. The molecule has 2 aromatic carbocycles. The first-order valence-corrected chi connectivity index (χ1v) is 15.9. The number of ether oxygens (including phenoxy) is 2. The van der Waals surface area contributed by atoms with Gasteiger partial charge in [-0.1, -0.05) is 95.8 Å². The SMILES string of the molecule is CCCCCCCCCCCCCCOc1cc(CC(=O)Nc2cccc(CN3C=CSC3)c2)ccc1OC. The second-order valence-electron chi connectivity index (χ2n) is 10.5. The summed E-state index contributed by atoms with van der Waals surface area (Å²) in [6, 6.07) is 13.8. The van der Waals surface area contributed by atoms with Crippen molar-refractivity contribution in [2.45, 2.75) is 96.9 Å². The smallest absolute Gasteiger partial charge is 0.228 e. The van der Waals surface area contributed by atoms with Gasteiger partial charge in [-0.25, -0.2) is 0 Å². The third-order valence-corrected chi connectivity index (χ3v) is 7.85. The van der Waals surface area contributed by atoms with E-state index in [1.807, 2.05) is 36.4 Å². The Kier molecular flexibility index (Phi) is 14.8. The molecule has 0 atom stereocenters. The number of thioether (sulfide) groups is 1. The van der Waals surface area contributed by atoms with Crippen LogP contribution < -0.4 is 14.8 Å². The monoisotopic (exact) mass is 552 g/mol. The van der Waals surface area contributed by atoms with Crippen LogP contribution >= 0.6 is 11.8 Å². The van der Waals surface area contributed by atoms with E-state index in [-0.39, 0.29) is 12.3 Å². The summed E-state index contributed by atoms with van der Waals surface area (Å²) in [6.07, 6.45) is 18.3. The molecule has 0 radical (unpaired) electrons. The number of unbranched alkanes of at least 4 members (excludes halogenated alkanes) is 11. The minimum absolute atomic E-state index is 0.0409. The standard InChI is InChI=1S/C33H48N2O3S/c1-3-4-5-6-7-8-9-10-11-12-13-14-21-38-32-24-28(18-19-31(32)37-2)25-33(36)34-30-17-15-16-29(23-30)26-35-20-22-39-27-35/h15-20,22-24H,3-14,21,25-27H2,1-2H3,(H,34,36). The Morgan fingerprint density at radius 3 is 2.26 bits per heavy atom. The number of benzene rings is 2. The highest BCUT2D eigenvalue weighted by molar-refractivity contribution is 8.02. The summed E-state index contributed by atoms with van der Waals surface area (Å²) in [6.45, 7) is 3.78. The van der Waals surface area contributed by atoms with Gasteiger partial charge in [-0.15, -0.1) is 11.8 Å². The Morgan fingerprint density at radius 1 is 0.872 bits per heavy atom. The third-order valence-electron chi connectivity index (χ3n) is 7.05. The highest BCUT2D eigenvalue weighted by atomic mass is 32.2. The van der Waals surface area contributed by atoms with Gasteiger partial charge in [0.1, 0.15) is 0 Å². The Labute approximate surface area is 240 Å². The van der Waals surface area contributed by atoms with E-state index >= 15 is 0 Å². The molecule has 214 valence electrons. The van der Waals surface area contributed by atoms with Crippen molar-refractivity contribution in [2.24, 2.45) is 0 Å². The maximum absolute atomic E-state index is 12.8. The number of nitrogens with zero attached hydrogens (tertiary/aromatic N) is 1. The lowest BCUT2D eigenvalue weighted by Gasteiger charge is -2.15. The van der Waals surface area contributed by atoms with Gasteiger partial charge in [0.25, 0.3) is 0 Å². The number of nitrogens with one attached hydrogen (secondary N) is 1. The molecule has 1 amide bonds. The summed E-state index contributed by atoms with van der Waals surface area (Å²) in [5.74, 6) is 2.35. The molecule has 0 bridgehead atoms. The number of amides is 1. The summed E-state index contributed by atoms with van der Waals surface area (Å²) in [5, 5.41) is 5.16. The van der Waals surface area contributed by atoms with E-state index in [1.54, 1.807) is 18.9 Å². The Morgan fingerprint density at radius 2 is 1.59 bits per heavy atom. The molecule has 2 aromatic rings. The van der Waals surface area contributed by atoms with Crippen molar-refractivity contribution < 1.29 is 14.3 Å². The summed E-state index contributed by atoms with van der Waals surface area (Å²) < 4.78 is 11.6. The number of anilines is 1. The fourth-order valence-electron chi connectivity index (χ4n) is 4.85. The highest BCUT2D eigenvalue weighted by Gasteiger charge is 2.11. The molecule has 6 heteroatoms. The van der Waals surface area contributed by atoms with Crippen LogP contribution in [0.15, 0.2) is 54.1 Å². The quantitative estimate of drug-likeness (QED) is 0.166. The zero-order valence-corrected chi connectivity index (χ0v) is 24.9. The molecule has 1 heterocycles.